The summed E-state index contributed by atoms with van der Waals surface area (Å²) in [6.07, 6.45) is -2.46. The molecule has 0 amide bonds. The molecule has 0 unspecified atom stereocenters. The van der Waals surface area contributed by atoms with Crippen LogP contribution in [-0.2, 0) is 9.47 Å². The summed E-state index contributed by atoms with van der Waals surface area (Å²) < 4.78 is 10.3. The zero-order valence-electron chi connectivity index (χ0n) is 12.8. The molecule has 1 rings (SSSR count). The van der Waals surface area contributed by atoms with Gasteiger partial charge in [0.1, 0.15) is 12.2 Å². The van der Waals surface area contributed by atoms with Crippen LogP contribution in [0.5, 0.6) is 0 Å². The van der Waals surface area contributed by atoms with Crippen LogP contribution in [0.2, 0.25) is 0 Å². The highest BCUT2D eigenvalue weighted by molar-refractivity contribution is 5.00. The maximum atomic E-state index is 9.81. The zero-order valence-corrected chi connectivity index (χ0v) is 12.8. The second-order valence-electron chi connectivity index (χ2n) is 3.82. The summed E-state index contributed by atoms with van der Waals surface area (Å²) in [5, 5.41) is 19.5. The van der Waals surface area contributed by atoms with Crippen molar-refractivity contribution in [2.75, 3.05) is 14.2 Å². The lowest BCUT2D eigenvalue weighted by atomic mass is 9.78. The number of rotatable bonds is 2. The summed E-state index contributed by atoms with van der Waals surface area (Å²) in [6, 6.07) is -0.525. The van der Waals surface area contributed by atoms with Gasteiger partial charge in [-0.15, -0.1) is 0 Å². The van der Waals surface area contributed by atoms with Gasteiger partial charge in [0.05, 0.1) is 18.2 Å². The molecule has 112 valence electrons. The average molecular weight is 265 g/mol. The number of hydrogen-bond acceptors (Lipinski definition) is 5. The number of methoxy groups -OCH3 is 2. The van der Waals surface area contributed by atoms with Gasteiger partial charge in [-0.05, 0) is 0 Å². The van der Waals surface area contributed by atoms with Crippen LogP contribution in [0.15, 0.2) is 0 Å². The van der Waals surface area contributed by atoms with Gasteiger partial charge in [-0.1, -0.05) is 34.6 Å². The predicted octanol–water partition coefficient (Wildman–Crippen LogP) is 0.768. The van der Waals surface area contributed by atoms with Crippen LogP contribution in [-0.4, -0.2) is 54.9 Å². The Bertz CT molecular complexity index is 172. The van der Waals surface area contributed by atoms with Gasteiger partial charge in [-0.25, -0.2) is 0 Å². The Hall–Kier alpha value is -0.200. The molecular weight excluding hydrogens is 234 g/mol. The zero-order chi connectivity index (χ0) is 14.9. The maximum Gasteiger partial charge on any atom is 0.111 e. The molecule has 0 radical (unpaired) electrons. The molecule has 5 nitrogen and oxygen atoms in total. The van der Waals surface area contributed by atoms with E-state index in [1.54, 1.807) is 6.92 Å². The fourth-order valence-electron chi connectivity index (χ4n) is 2.02. The Morgan fingerprint density at radius 1 is 0.833 bits per heavy atom. The molecule has 18 heavy (non-hydrogen) atoms. The highest BCUT2D eigenvalue weighted by Crippen LogP contribution is 2.28. The molecule has 0 bridgehead atoms. The second-order valence-corrected chi connectivity index (χ2v) is 3.82. The van der Waals surface area contributed by atoms with Gasteiger partial charge in [0, 0.05) is 20.1 Å². The smallest absolute Gasteiger partial charge is 0.111 e. The van der Waals surface area contributed by atoms with Crippen molar-refractivity contribution in [1.29, 1.82) is 0 Å². The highest BCUT2D eigenvalue weighted by Gasteiger charge is 2.47. The normalized spacial score (nSPS) is 39.0. The maximum absolute atomic E-state index is 9.81. The number of aliphatic hydroxyl groups excluding tert-OH is 2. The van der Waals surface area contributed by atoms with E-state index in [4.69, 9.17) is 15.2 Å². The lowest BCUT2D eigenvalue weighted by molar-refractivity contribution is -0.175. The van der Waals surface area contributed by atoms with E-state index in [1.807, 2.05) is 27.7 Å². The Balaban J connectivity index is 0. The third-order valence-corrected chi connectivity index (χ3v) is 3.06. The van der Waals surface area contributed by atoms with E-state index in [1.165, 1.54) is 14.2 Å². The molecule has 5 heteroatoms. The number of aliphatic hydroxyl groups is 2. The molecule has 4 N–H and O–H groups in total. The SMILES string of the molecule is CC.CC.CO[C@@H]1[C@@H](N)[C@H](O)[C@@H](C)[C@H](O)[C@H]1OC. The van der Waals surface area contributed by atoms with E-state index < -0.39 is 30.5 Å². The first kappa shape index (κ1) is 20.1. The quantitative estimate of drug-likeness (QED) is 0.686. The summed E-state index contributed by atoms with van der Waals surface area (Å²) in [4.78, 5) is 0. The van der Waals surface area contributed by atoms with Crippen molar-refractivity contribution in [2.45, 2.75) is 65.1 Å². The third kappa shape index (κ3) is 4.48. The van der Waals surface area contributed by atoms with Crippen molar-refractivity contribution in [3.8, 4) is 0 Å². The van der Waals surface area contributed by atoms with Gasteiger partial charge < -0.3 is 25.4 Å². The minimum Gasteiger partial charge on any atom is -0.391 e. The summed E-state index contributed by atoms with van der Waals surface area (Å²) in [7, 11) is 2.99. The largest absolute Gasteiger partial charge is 0.391 e. The molecule has 0 saturated heterocycles. The van der Waals surface area contributed by atoms with E-state index in [0.29, 0.717) is 0 Å². The molecule has 1 aliphatic carbocycles. The van der Waals surface area contributed by atoms with Crippen LogP contribution in [0.1, 0.15) is 34.6 Å². The molecule has 0 heterocycles. The molecule has 0 aliphatic heterocycles. The lowest BCUT2D eigenvalue weighted by Gasteiger charge is -2.44. The minimum atomic E-state index is -0.763. The predicted molar refractivity (Wildman–Crippen MR) is 73.4 cm³/mol. The molecule has 6 atom stereocenters. The second kappa shape index (κ2) is 10.7. The van der Waals surface area contributed by atoms with Crippen molar-refractivity contribution in [3.05, 3.63) is 0 Å². The summed E-state index contributed by atoms with van der Waals surface area (Å²) in [5.74, 6) is -0.304. The summed E-state index contributed by atoms with van der Waals surface area (Å²) >= 11 is 0. The number of hydrogen-bond donors (Lipinski definition) is 3. The van der Waals surface area contributed by atoms with Gasteiger partial charge >= 0.3 is 0 Å². The van der Waals surface area contributed by atoms with Crippen LogP contribution in [0, 0.1) is 5.92 Å². The van der Waals surface area contributed by atoms with Crippen molar-refractivity contribution < 1.29 is 19.7 Å². The van der Waals surface area contributed by atoms with Gasteiger partial charge in [0.15, 0.2) is 0 Å². The minimum absolute atomic E-state index is 0.304. The summed E-state index contributed by atoms with van der Waals surface area (Å²) in [5.41, 5.74) is 5.79. The van der Waals surface area contributed by atoms with Crippen molar-refractivity contribution in [1.82, 2.24) is 0 Å². The highest BCUT2D eigenvalue weighted by atomic mass is 16.5. The fourth-order valence-corrected chi connectivity index (χ4v) is 2.02. The van der Waals surface area contributed by atoms with Crippen LogP contribution >= 0.6 is 0 Å². The van der Waals surface area contributed by atoms with Crippen molar-refractivity contribution >= 4 is 0 Å². The van der Waals surface area contributed by atoms with Gasteiger partial charge in [-0.2, -0.15) is 0 Å². The van der Waals surface area contributed by atoms with Crippen molar-refractivity contribution in [2.24, 2.45) is 11.7 Å². The Labute approximate surface area is 111 Å². The first-order chi connectivity index (χ1) is 8.54. The Morgan fingerprint density at radius 3 is 1.56 bits per heavy atom. The standard InChI is InChI=1S/C9H19NO4.2C2H6/c1-4-6(11)5(10)8(13-2)9(14-3)7(4)12;2*1-2/h4-9,11-12H,10H2,1-3H3;2*1-2H3/t4-,5+,6-,7+,8-,9-;;/m1../s1. The molecule has 0 aromatic rings. The molecular formula is C13H31NO4. The van der Waals surface area contributed by atoms with Crippen LogP contribution in [0.4, 0.5) is 0 Å². The number of nitrogens with two attached hydrogens (primary N) is 1. The Morgan fingerprint density at radius 2 is 1.22 bits per heavy atom. The van der Waals surface area contributed by atoms with Gasteiger partial charge in [0.2, 0.25) is 0 Å². The third-order valence-electron chi connectivity index (χ3n) is 3.06. The van der Waals surface area contributed by atoms with Gasteiger partial charge in [-0.3, -0.25) is 0 Å². The average Bonchev–Trinajstić information content (AvgIpc) is 2.44. The molecule has 1 aliphatic rings. The van der Waals surface area contributed by atoms with Crippen LogP contribution in [0.3, 0.4) is 0 Å². The molecule has 0 spiro atoms. The van der Waals surface area contributed by atoms with Crippen molar-refractivity contribution in [3.63, 3.8) is 0 Å². The van der Waals surface area contributed by atoms with Crippen LogP contribution < -0.4 is 5.73 Å². The lowest BCUT2D eigenvalue weighted by Crippen LogP contribution is -2.64. The number of ether oxygens (including phenoxy) is 2. The first-order valence-electron chi connectivity index (χ1n) is 6.71. The topological polar surface area (TPSA) is 84.9 Å². The first-order valence-corrected chi connectivity index (χ1v) is 6.71. The van der Waals surface area contributed by atoms with E-state index in [0.717, 1.165) is 0 Å². The fraction of sp³-hybridized carbons (Fsp3) is 1.00. The monoisotopic (exact) mass is 265 g/mol. The van der Waals surface area contributed by atoms with E-state index >= 15 is 0 Å². The molecule has 0 aromatic carbocycles. The van der Waals surface area contributed by atoms with E-state index in [9.17, 15) is 10.2 Å². The van der Waals surface area contributed by atoms with E-state index in [-0.39, 0.29) is 5.92 Å². The van der Waals surface area contributed by atoms with Crippen LogP contribution in [0.25, 0.3) is 0 Å². The molecule has 1 fully saturated rings. The molecule has 1 saturated carbocycles. The summed E-state index contributed by atoms with van der Waals surface area (Å²) in [6.45, 7) is 9.74. The molecule has 0 aromatic heterocycles. The van der Waals surface area contributed by atoms with E-state index in [2.05, 4.69) is 0 Å². The Kier molecular flexibility index (Phi) is 12.0. The van der Waals surface area contributed by atoms with Gasteiger partial charge in [0.25, 0.3) is 0 Å².